The van der Waals surface area contributed by atoms with Crippen LogP contribution in [0.25, 0.3) is 0 Å². The molecule has 0 spiro atoms. The van der Waals surface area contributed by atoms with E-state index in [4.69, 9.17) is 10.5 Å². The van der Waals surface area contributed by atoms with Crippen LogP contribution in [0.5, 0.6) is 11.6 Å². The number of hydrogen-bond acceptors (Lipinski definition) is 6. The third-order valence-electron chi connectivity index (χ3n) is 2.44. The second kappa shape index (κ2) is 5.19. The van der Waals surface area contributed by atoms with E-state index in [0.29, 0.717) is 15.8 Å². The fourth-order valence-electron chi connectivity index (χ4n) is 1.45. The van der Waals surface area contributed by atoms with Crippen LogP contribution in [0, 0.1) is 17.0 Å². The number of nitrogen functional groups attached to an aromatic ring is 1. The molecule has 0 aliphatic carbocycles. The van der Waals surface area contributed by atoms with Gasteiger partial charge in [-0.3, -0.25) is 10.1 Å². The third-order valence-corrected chi connectivity index (χ3v) is 3.19. The Labute approximate surface area is 116 Å². The monoisotopic (exact) mass is 324 g/mol. The Balaban J connectivity index is 2.42. The van der Waals surface area contributed by atoms with Gasteiger partial charge in [0.2, 0.25) is 5.88 Å². The molecule has 2 N–H and O–H groups in total. The fourth-order valence-corrected chi connectivity index (χ4v) is 1.74. The summed E-state index contributed by atoms with van der Waals surface area (Å²) in [6.45, 7) is 1.60. The molecule has 0 aliphatic rings. The summed E-state index contributed by atoms with van der Waals surface area (Å²) >= 11 is 3.20. The first kappa shape index (κ1) is 13.2. The third kappa shape index (κ3) is 2.63. The van der Waals surface area contributed by atoms with Crippen LogP contribution in [-0.4, -0.2) is 14.9 Å². The first-order valence-electron chi connectivity index (χ1n) is 5.18. The smallest absolute Gasteiger partial charge is 0.276 e. The highest BCUT2D eigenvalue weighted by Crippen LogP contribution is 2.34. The molecule has 0 unspecified atom stereocenters. The Morgan fingerprint density at radius 3 is 2.84 bits per heavy atom. The summed E-state index contributed by atoms with van der Waals surface area (Å²) in [7, 11) is 0. The van der Waals surface area contributed by atoms with Crippen LogP contribution in [-0.2, 0) is 0 Å². The summed E-state index contributed by atoms with van der Waals surface area (Å²) in [4.78, 5) is 18.1. The topological polar surface area (TPSA) is 104 Å². The van der Waals surface area contributed by atoms with Gasteiger partial charge in [-0.2, -0.15) is 0 Å². The summed E-state index contributed by atoms with van der Waals surface area (Å²) in [5, 5.41) is 10.8. The van der Waals surface area contributed by atoms with Gasteiger partial charge in [-0.15, -0.1) is 0 Å². The molecular weight excluding hydrogens is 316 g/mol. The lowest BCUT2D eigenvalue weighted by molar-refractivity contribution is -0.385. The van der Waals surface area contributed by atoms with E-state index in [1.54, 1.807) is 19.1 Å². The molecule has 2 rings (SSSR count). The number of nitrogens with zero attached hydrogens (tertiary/aromatic N) is 3. The van der Waals surface area contributed by atoms with E-state index in [9.17, 15) is 10.1 Å². The van der Waals surface area contributed by atoms with Gasteiger partial charge < -0.3 is 10.5 Å². The number of benzene rings is 1. The van der Waals surface area contributed by atoms with E-state index in [-0.39, 0.29) is 17.4 Å². The maximum absolute atomic E-state index is 10.8. The molecule has 7 nitrogen and oxygen atoms in total. The maximum Gasteiger partial charge on any atom is 0.276 e. The second-order valence-corrected chi connectivity index (χ2v) is 4.43. The molecule has 1 aromatic heterocycles. The summed E-state index contributed by atoms with van der Waals surface area (Å²) in [5.74, 6) is 0.775. The predicted molar refractivity (Wildman–Crippen MR) is 72.1 cm³/mol. The summed E-state index contributed by atoms with van der Waals surface area (Å²) in [5.41, 5.74) is 6.00. The second-order valence-electron chi connectivity index (χ2n) is 3.64. The molecule has 0 saturated heterocycles. The normalized spacial score (nSPS) is 10.2. The summed E-state index contributed by atoms with van der Waals surface area (Å²) in [6.07, 6.45) is 1.25. The van der Waals surface area contributed by atoms with Gasteiger partial charge in [-0.05, 0) is 28.9 Å². The lowest BCUT2D eigenvalue weighted by atomic mass is 10.2. The lowest BCUT2D eigenvalue weighted by Gasteiger charge is -2.09. The number of anilines is 1. The average molecular weight is 325 g/mol. The van der Waals surface area contributed by atoms with Crippen LogP contribution in [0.15, 0.2) is 29.0 Å². The number of hydrogen-bond donors (Lipinski definition) is 1. The first-order valence-corrected chi connectivity index (χ1v) is 5.98. The van der Waals surface area contributed by atoms with Crippen molar-refractivity contribution in [2.24, 2.45) is 0 Å². The van der Waals surface area contributed by atoms with Crippen molar-refractivity contribution in [1.82, 2.24) is 9.97 Å². The predicted octanol–water partition coefficient (Wildman–Crippen LogP) is 2.83. The molecule has 0 fully saturated rings. The highest BCUT2D eigenvalue weighted by Gasteiger charge is 2.16. The SMILES string of the molecule is Cc1c(Oc2ncnc(N)c2Br)cccc1[N+](=O)[O-]. The van der Waals surface area contributed by atoms with Gasteiger partial charge in [-0.25, -0.2) is 9.97 Å². The Morgan fingerprint density at radius 1 is 1.42 bits per heavy atom. The molecule has 1 heterocycles. The molecule has 19 heavy (non-hydrogen) atoms. The van der Waals surface area contributed by atoms with Crippen LogP contribution in [0.2, 0.25) is 0 Å². The largest absolute Gasteiger partial charge is 0.437 e. The quantitative estimate of drug-likeness (QED) is 0.687. The lowest BCUT2D eigenvalue weighted by Crippen LogP contribution is -1.99. The Morgan fingerprint density at radius 2 is 2.16 bits per heavy atom. The molecule has 0 amide bonds. The van der Waals surface area contributed by atoms with E-state index in [0.717, 1.165) is 0 Å². The minimum absolute atomic E-state index is 0.0179. The van der Waals surface area contributed by atoms with Crippen molar-refractivity contribution < 1.29 is 9.66 Å². The van der Waals surface area contributed by atoms with E-state index in [1.165, 1.54) is 12.4 Å². The number of rotatable bonds is 3. The highest BCUT2D eigenvalue weighted by molar-refractivity contribution is 9.10. The summed E-state index contributed by atoms with van der Waals surface area (Å²) in [6, 6.07) is 4.57. The zero-order valence-corrected chi connectivity index (χ0v) is 11.4. The number of halogens is 1. The molecule has 98 valence electrons. The standard InChI is InChI=1S/C11H9BrN4O3/c1-6-7(16(17)18)3-2-4-8(6)19-11-9(12)10(13)14-5-15-11/h2-5H,1H3,(H2,13,14,15). The highest BCUT2D eigenvalue weighted by atomic mass is 79.9. The van der Waals surface area contributed by atoms with Crippen molar-refractivity contribution in [3.63, 3.8) is 0 Å². The van der Waals surface area contributed by atoms with Gasteiger partial charge >= 0.3 is 0 Å². The number of nitrogens with two attached hydrogens (primary N) is 1. The van der Waals surface area contributed by atoms with E-state index in [2.05, 4.69) is 25.9 Å². The van der Waals surface area contributed by atoms with Crippen LogP contribution in [0.1, 0.15) is 5.56 Å². The van der Waals surface area contributed by atoms with Gasteiger partial charge in [-0.1, -0.05) is 6.07 Å². The van der Waals surface area contributed by atoms with E-state index in [1.807, 2.05) is 0 Å². The van der Waals surface area contributed by atoms with Crippen molar-refractivity contribution in [2.45, 2.75) is 6.92 Å². The molecular formula is C11H9BrN4O3. The van der Waals surface area contributed by atoms with E-state index >= 15 is 0 Å². The molecule has 0 atom stereocenters. The molecule has 1 aromatic carbocycles. The molecule has 2 aromatic rings. The summed E-state index contributed by atoms with van der Waals surface area (Å²) < 4.78 is 5.93. The van der Waals surface area contributed by atoms with Crippen molar-refractivity contribution in [1.29, 1.82) is 0 Å². The van der Waals surface area contributed by atoms with Crippen molar-refractivity contribution in [3.05, 3.63) is 44.7 Å². The number of aromatic nitrogens is 2. The van der Waals surface area contributed by atoms with Crippen molar-refractivity contribution >= 4 is 27.4 Å². The average Bonchev–Trinajstić information content (AvgIpc) is 2.37. The van der Waals surface area contributed by atoms with Gasteiger partial charge in [0.05, 0.1) is 10.5 Å². The molecule has 0 aliphatic heterocycles. The zero-order valence-electron chi connectivity index (χ0n) is 9.83. The van der Waals surface area contributed by atoms with Gasteiger partial charge in [0, 0.05) is 6.07 Å². The number of ether oxygens (including phenoxy) is 1. The van der Waals surface area contributed by atoms with Gasteiger partial charge in [0.1, 0.15) is 22.4 Å². The Bertz CT molecular complexity index is 648. The van der Waals surface area contributed by atoms with Crippen LogP contribution in [0.3, 0.4) is 0 Å². The Hall–Kier alpha value is -2.22. The molecule has 0 saturated carbocycles. The van der Waals surface area contributed by atoms with Crippen molar-refractivity contribution in [3.8, 4) is 11.6 Å². The van der Waals surface area contributed by atoms with Crippen LogP contribution < -0.4 is 10.5 Å². The van der Waals surface area contributed by atoms with Crippen molar-refractivity contribution in [2.75, 3.05) is 5.73 Å². The number of nitro benzene ring substituents is 1. The number of nitro groups is 1. The first-order chi connectivity index (χ1) is 9.00. The minimum Gasteiger partial charge on any atom is -0.437 e. The minimum atomic E-state index is -0.467. The Kier molecular flexibility index (Phi) is 3.61. The van der Waals surface area contributed by atoms with Crippen LogP contribution >= 0.6 is 15.9 Å². The van der Waals surface area contributed by atoms with E-state index < -0.39 is 4.92 Å². The van der Waals surface area contributed by atoms with Gasteiger partial charge in [0.15, 0.2) is 0 Å². The van der Waals surface area contributed by atoms with Gasteiger partial charge in [0.25, 0.3) is 5.69 Å². The fraction of sp³-hybridized carbons (Fsp3) is 0.0909. The molecule has 8 heteroatoms. The molecule has 0 radical (unpaired) electrons. The maximum atomic E-state index is 10.8. The van der Waals surface area contributed by atoms with Crippen LogP contribution in [0.4, 0.5) is 11.5 Å². The molecule has 0 bridgehead atoms. The zero-order chi connectivity index (χ0) is 14.0.